The van der Waals surface area contributed by atoms with Crippen molar-refractivity contribution in [2.24, 2.45) is 5.73 Å². The van der Waals surface area contributed by atoms with Crippen molar-refractivity contribution in [3.05, 3.63) is 140 Å². The molecule has 0 spiro atoms. The lowest BCUT2D eigenvalue weighted by Gasteiger charge is -2.36. The normalized spacial score (nSPS) is 16.1. The van der Waals surface area contributed by atoms with Crippen molar-refractivity contribution in [3.8, 4) is 0 Å². The first kappa shape index (κ1) is 48.5. The molecule has 5 atom stereocenters. The van der Waals surface area contributed by atoms with Crippen LogP contribution in [-0.4, -0.2) is 94.5 Å². The van der Waals surface area contributed by atoms with Gasteiger partial charge in [-0.2, -0.15) is 0 Å². The number of halogens is 2. The minimum Gasteiger partial charge on any atom is -0.465 e. The standard InChI is InChI=1S/C25H29ClN2O5.C24H29ClN2O4/c1-4-31-24(30-3)22-21-19(14-27-23(22)33-25(29)32-5-2)28-18-12-8-10-16(20(18)21)13-15-9-6-7-11-17(15)26;1-3-31-24(28)23(26)19(15-30-12-11-29-2)18-14-27-21-10-6-8-17(22(18)21)13-16-7-4-5-9-20(16)25/h6-12,22-24,27-28H,4-5,13-14H2,1-3H3;4-10,14,19,23,27H,3,11-13,15,26H2,1-2H3. The van der Waals surface area contributed by atoms with E-state index in [9.17, 15) is 9.59 Å². The predicted octanol–water partition coefficient (Wildman–Crippen LogP) is 9.16. The van der Waals surface area contributed by atoms with Crippen molar-refractivity contribution in [3.63, 3.8) is 0 Å². The summed E-state index contributed by atoms with van der Waals surface area (Å²) in [6, 6.07) is 27.0. The number of carbonyl (C=O) groups is 2. The number of aromatic nitrogens is 2. The molecule has 3 heterocycles. The van der Waals surface area contributed by atoms with E-state index in [1.165, 1.54) is 0 Å². The number of rotatable bonds is 19. The fraction of sp³-hybridized carbons (Fsp3) is 0.388. The fourth-order valence-electron chi connectivity index (χ4n) is 8.24. The number of H-pyrrole nitrogens is 2. The van der Waals surface area contributed by atoms with Gasteiger partial charge in [-0.25, -0.2) is 4.79 Å². The third kappa shape index (κ3) is 11.6. The van der Waals surface area contributed by atoms with Gasteiger partial charge in [-0.15, -0.1) is 0 Å². The molecule has 1 aliphatic rings. The third-order valence-electron chi connectivity index (χ3n) is 11.1. The van der Waals surface area contributed by atoms with Gasteiger partial charge in [0.15, 0.2) is 12.5 Å². The highest BCUT2D eigenvalue weighted by molar-refractivity contribution is 6.31. The first-order valence-electron chi connectivity index (χ1n) is 21.5. The van der Waals surface area contributed by atoms with Crippen molar-refractivity contribution in [1.82, 2.24) is 15.3 Å². The van der Waals surface area contributed by atoms with Crippen LogP contribution in [0.2, 0.25) is 10.0 Å². The molecule has 0 fully saturated rings. The second-order valence-corrected chi connectivity index (χ2v) is 15.9. The molecule has 0 saturated heterocycles. The van der Waals surface area contributed by atoms with E-state index in [4.69, 9.17) is 62.1 Å². The molecule has 15 heteroatoms. The molecular formula is C49H58Cl2N4O9. The average Bonchev–Trinajstić information content (AvgIpc) is 3.90. The molecule has 0 saturated carbocycles. The van der Waals surface area contributed by atoms with Crippen LogP contribution in [0.4, 0.5) is 4.79 Å². The Labute approximate surface area is 384 Å². The molecule has 7 rings (SSSR count). The number of aromatic amines is 2. The number of fused-ring (bicyclic) bond motifs is 4. The van der Waals surface area contributed by atoms with Crippen LogP contribution in [0.1, 0.15) is 71.7 Å². The van der Waals surface area contributed by atoms with E-state index in [0.29, 0.717) is 39.2 Å². The maximum absolute atomic E-state index is 12.5. The Morgan fingerprint density at radius 3 is 2.00 bits per heavy atom. The Morgan fingerprint density at radius 2 is 1.39 bits per heavy atom. The fourth-order valence-corrected chi connectivity index (χ4v) is 8.64. The smallest absolute Gasteiger partial charge is 0.465 e. The van der Waals surface area contributed by atoms with Gasteiger partial charge in [0.1, 0.15) is 6.04 Å². The minimum atomic E-state index is -0.852. The number of hydrogen-bond donors (Lipinski definition) is 4. The zero-order valence-corrected chi connectivity index (χ0v) is 38.4. The van der Waals surface area contributed by atoms with Crippen LogP contribution >= 0.6 is 23.2 Å². The van der Waals surface area contributed by atoms with Gasteiger partial charge in [0.05, 0.1) is 39.0 Å². The summed E-state index contributed by atoms with van der Waals surface area (Å²) in [6.07, 6.45) is 1.19. The summed E-state index contributed by atoms with van der Waals surface area (Å²) < 4.78 is 38.4. The van der Waals surface area contributed by atoms with Crippen molar-refractivity contribution in [1.29, 1.82) is 0 Å². The second kappa shape index (κ2) is 23.8. The van der Waals surface area contributed by atoms with E-state index in [1.54, 1.807) is 28.1 Å². The predicted molar refractivity (Wildman–Crippen MR) is 249 cm³/mol. The molecule has 0 bridgehead atoms. The molecule has 4 aromatic carbocycles. The van der Waals surface area contributed by atoms with Crippen LogP contribution in [0.5, 0.6) is 0 Å². The molecular weight excluding hydrogens is 859 g/mol. The van der Waals surface area contributed by atoms with Crippen LogP contribution in [-0.2, 0) is 57.3 Å². The monoisotopic (exact) mass is 916 g/mol. The Bertz CT molecular complexity index is 2460. The van der Waals surface area contributed by atoms with Gasteiger partial charge in [-0.3, -0.25) is 10.1 Å². The Hall–Kier alpha value is -4.96. The summed E-state index contributed by atoms with van der Waals surface area (Å²) in [5.74, 6) is -1.23. The lowest BCUT2D eigenvalue weighted by molar-refractivity contribution is -0.160. The van der Waals surface area contributed by atoms with Crippen molar-refractivity contribution < 1.29 is 42.7 Å². The van der Waals surface area contributed by atoms with E-state index >= 15 is 0 Å². The number of esters is 1. The molecule has 0 amide bonds. The molecule has 342 valence electrons. The van der Waals surface area contributed by atoms with E-state index in [0.717, 1.165) is 70.9 Å². The van der Waals surface area contributed by atoms with Crippen molar-refractivity contribution >= 4 is 57.1 Å². The average molecular weight is 918 g/mol. The van der Waals surface area contributed by atoms with Crippen LogP contribution in [0.3, 0.4) is 0 Å². The summed E-state index contributed by atoms with van der Waals surface area (Å²) in [5.41, 5.74) is 15.6. The van der Waals surface area contributed by atoms with E-state index in [2.05, 4.69) is 27.4 Å². The molecule has 5 unspecified atom stereocenters. The zero-order valence-electron chi connectivity index (χ0n) is 36.9. The number of benzene rings is 4. The summed E-state index contributed by atoms with van der Waals surface area (Å²) in [7, 11) is 3.21. The molecule has 0 aliphatic carbocycles. The van der Waals surface area contributed by atoms with Gasteiger partial charge < -0.3 is 48.9 Å². The molecule has 2 aromatic heterocycles. The van der Waals surface area contributed by atoms with E-state index < -0.39 is 36.6 Å². The SMILES string of the molecule is CCOC(=O)C(N)C(COCCOC)c1c[nH]c2cccc(Cc3ccccc3Cl)c12.CCOC(=O)OC1NCc2[nH]c3cccc(Cc4ccccc4Cl)c3c2C1C(OC)OCC. The molecule has 6 aromatic rings. The Kier molecular flexibility index (Phi) is 18.0. The first-order chi connectivity index (χ1) is 31.1. The number of nitrogens with two attached hydrogens (primary N) is 1. The number of methoxy groups -OCH3 is 2. The zero-order chi connectivity index (χ0) is 45.6. The summed E-state index contributed by atoms with van der Waals surface area (Å²) in [5, 5.41) is 6.84. The highest BCUT2D eigenvalue weighted by atomic mass is 35.5. The highest BCUT2D eigenvalue weighted by Gasteiger charge is 2.42. The maximum atomic E-state index is 12.5. The van der Waals surface area contributed by atoms with Gasteiger partial charge in [0, 0.05) is 77.0 Å². The topological polar surface area (TPSA) is 168 Å². The second-order valence-electron chi connectivity index (χ2n) is 15.1. The summed E-state index contributed by atoms with van der Waals surface area (Å²) in [6.45, 7) is 8.02. The lowest BCUT2D eigenvalue weighted by atomic mass is 9.87. The minimum absolute atomic E-state index is 0.232. The van der Waals surface area contributed by atoms with E-state index in [1.807, 2.05) is 85.9 Å². The van der Waals surface area contributed by atoms with Crippen LogP contribution in [0.25, 0.3) is 21.8 Å². The van der Waals surface area contributed by atoms with E-state index in [-0.39, 0.29) is 25.7 Å². The van der Waals surface area contributed by atoms with Crippen LogP contribution < -0.4 is 11.1 Å². The van der Waals surface area contributed by atoms with Gasteiger partial charge in [0.2, 0.25) is 0 Å². The van der Waals surface area contributed by atoms with Crippen molar-refractivity contribution in [2.75, 3.05) is 53.9 Å². The first-order valence-corrected chi connectivity index (χ1v) is 22.3. The van der Waals surface area contributed by atoms with Crippen LogP contribution in [0, 0.1) is 0 Å². The Balaban J connectivity index is 0.000000213. The molecule has 0 radical (unpaired) electrons. The third-order valence-corrected chi connectivity index (χ3v) is 11.9. The van der Waals surface area contributed by atoms with Gasteiger partial charge in [0.25, 0.3) is 0 Å². The maximum Gasteiger partial charge on any atom is 0.509 e. The number of nitrogens with one attached hydrogen (secondary N) is 3. The number of carbonyl (C=O) groups excluding carboxylic acids is 2. The summed E-state index contributed by atoms with van der Waals surface area (Å²) in [4.78, 5) is 31.5. The van der Waals surface area contributed by atoms with Crippen molar-refractivity contribution in [2.45, 2.75) is 70.6 Å². The highest BCUT2D eigenvalue weighted by Crippen LogP contribution is 2.41. The largest absolute Gasteiger partial charge is 0.509 e. The quantitative estimate of drug-likeness (QED) is 0.0348. The van der Waals surface area contributed by atoms with Gasteiger partial charge in [-0.1, -0.05) is 83.9 Å². The van der Waals surface area contributed by atoms with Crippen LogP contribution in [0.15, 0.2) is 91.1 Å². The molecule has 13 nitrogen and oxygen atoms in total. The number of hydrogen-bond acceptors (Lipinski definition) is 11. The molecule has 64 heavy (non-hydrogen) atoms. The number of ether oxygens (including phenoxy) is 7. The Morgan fingerprint density at radius 1 is 0.766 bits per heavy atom. The summed E-state index contributed by atoms with van der Waals surface area (Å²) >= 11 is 12.9. The molecule has 1 aliphatic heterocycles. The lowest BCUT2D eigenvalue weighted by Crippen LogP contribution is -2.48. The van der Waals surface area contributed by atoms with Gasteiger partial charge in [-0.05, 0) is 91.3 Å². The van der Waals surface area contributed by atoms with Gasteiger partial charge >= 0.3 is 12.1 Å². The molecule has 5 N–H and O–H groups in total.